The zero-order valence-electron chi connectivity index (χ0n) is 18.3. The molecule has 4 rings (SSSR count). The summed E-state index contributed by atoms with van der Waals surface area (Å²) in [5, 5.41) is 22.6. The molecule has 3 aromatic carbocycles. The van der Waals surface area contributed by atoms with Crippen molar-refractivity contribution >= 4 is 32.9 Å². The van der Waals surface area contributed by atoms with Crippen molar-refractivity contribution in [3.63, 3.8) is 0 Å². The maximum Gasteiger partial charge on any atom is 0.262 e. The lowest BCUT2D eigenvalue weighted by molar-refractivity contribution is -0.121. The summed E-state index contributed by atoms with van der Waals surface area (Å²) < 4.78 is 40.6. The molecule has 0 saturated heterocycles. The molecule has 0 aromatic heterocycles. The number of anilines is 2. The van der Waals surface area contributed by atoms with E-state index >= 15 is 0 Å². The number of allylic oxidation sites excluding steroid dienone is 3. The van der Waals surface area contributed by atoms with Crippen molar-refractivity contribution in [2.24, 2.45) is 5.41 Å². The third-order valence-electron chi connectivity index (χ3n) is 5.53. The Morgan fingerprint density at radius 3 is 2.40 bits per heavy atom. The van der Waals surface area contributed by atoms with Gasteiger partial charge in [-0.2, -0.15) is 5.26 Å². The summed E-state index contributed by atoms with van der Waals surface area (Å²) in [6.07, 6.45) is 5.24. The first-order chi connectivity index (χ1) is 16.7. The minimum atomic E-state index is -4.13. The van der Waals surface area contributed by atoms with Crippen LogP contribution >= 0.6 is 0 Å². The van der Waals surface area contributed by atoms with E-state index in [1.165, 1.54) is 18.2 Å². The Balaban J connectivity index is 1.53. The van der Waals surface area contributed by atoms with Gasteiger partial charge in [0.15, 0.2) is 5.41 Å². The number of halogens is 1. The van der Waals surface area contributed by atoms with Gasteiger partial charge in [0.05, 0.1) is 16.7 Å². The summed E-state index contributed by atoms with van der Waals surface area (Å²) in [5.41, 5.74) is 0.386. The molecule has 7 nitrogen and oxygen atoms in total. The molecule has 35 heavy (non-hydrogen) atoms. The van der Waals surface area contributed by atoms with Gasteiger partial charge >= 0.3 is 0 Å². The molecule has 1 aliphatic rings. The van der Waals surface area contributed by atoms with Gasteiger partial charge in [-0.15, -0.1) is 0 Å². The highest BCUT2D eigenvalue weighted by molar-refractivity contribution is 7.92. The molecule has 1 atom stereocenters. The predicted octanol–water partition coefficient (Wildman–Crippen LogP) is 4.82. The molecule has 1 aliphatic carbocycles. The monoisotopic (exact) mass is 489 g/mol. The van der Waals surface area contributed by atoms with Crippen molar-refractivity contribution in [3.05, 3.63) is 102 Å². The Bertz CT molecular complexity index is 1480. The number of amides is 1. The molecule has 0 bridgehead atoms. The van der Waals surface area contributed by atoms with Crippen molar-refractivity contribution in [3.8, 4) is 11.8 Å². The van der Waals surface area contributed by atoms with E-state index in [0.717, 1.165) is 35.4 Å². The maximum atomic E-state index is 13.1. The summed E-state index contributed by atoms with van der Waals surface area (Å²) >= 11 is 0. The zero-order chi connectivity index (χ0) is 25.1. The third kappa shape index (κ3) is 5.08. The number of benzene rings is 3. The lowest BCUT2D eigenvalue weighted by Crippen LogP contribution is -2.34. The van der Waals surface area contributed by atoms with Crippen LogP contribution in [0.25, 0.3) is 5.57 Å². The molecule has 3 aromatic rings. The fourth-order valence-electron chi connectivity index (χ4n) is 3.54. The highest BCUT2D eigenvalue weighted by atomic mass is 32.2. The number of hydrogen-bond acceptors (Lipinski definition) is 5. The Morgan fingerprint density at radius 2 is 1.77 bits per heavy atom. The van der Waals surface area contributed by atoms with Crippen molar-refractivity contribution in [2.45, 2.75) is 11.3 Å². The number of rotatable bonds is 6. The highest BCUT2D eigenvalue weighted by Gasteiger charge is 2.37. The van der Waals surface area contributed by atoms with E-state index in [9.17, 15) is 28.0 Å². The average molecular weight is 490 g/mol. The van der Waals surface area contributed by atoms with E-state index in [1.54, 1.807) is 12.2 Å². The van der Waals surface area contributed by atoms with Crippen molar-refractivity contribution in [1.29, 1.82) is 5.26 Å². The molecular formula is C26H20FN3O4S. The van der Waals surface area contributed by atoms with Crippen LogP contribution in [0.3, 0.4) is 0 Å². The Morgan fingerprint density at radius 1 is 1.06 bits per heavy atom. The number of sulfonamides is 1. The SMILES string of the molecule is N#CC1(C(=O)Nc2ccc(O)c(NS(=O)(=O)c3ccc(F)cc3)c2)C=CC(c2ccccc2)=CC1. The second-order valence-electron chi connectivity index (χ2n) is 7.89. The van der Waals surface area contributed by atoms with Gasteiger partial charge in [-0.25, -0.2) is 12.8 Å². The van der Waals surface area contributed by atoms with Gasteiger partial charge in [-0.3, -0.25) is 9.52 Å². The lowest BCUT2D eigenvalue weighted by Gasteiger charge is -2.24. The number of carbonyl (C=O) groups excluding carboxylic acids is 1. The quantitative estimate of drug-likeness (QED) is 0.339. The normalized spacial score (nSPS) is 17.2. The molecule has 1 amide bonds. The minimum absolute atomic E-state index is 0.151. The number of hydrogen-bond donors (Lipinski definition) is 3. The molecule has 0 aliphatic heterocycles. The fraction of sp³-hybridized carbons (Fsp3) is 0.0769. The predicted molar refractivity (Wildman–Crippen MR) is 130 cm³/mol. The van der Waals surface area contributed by atoms with E-state index in [2.05, 4.69) is 16.1 Å². The lowest BCUT2D eigenvalue weighted by atomic mass is 9.79. The largest absolute Gasteiger partial charge is 0.506 e. The van der Waals surface area contributed by atoms with Gasteiger partial charge in [-0.1, -0.05) is 48.6 Å². The molecular weight excluding hydrogens is 469 g/mol. The van der Waals surface area contributed by atoms with Gasteiger partial charge in [0.25, 0.3) is 10.0 Å². The number of carbonyl (C=O) groups is 1. The molecule has 1 unspecified atom stereocenters. The average Bonchev–Trinajstić information content (AvgIpc) is 2.86. The van der Waals surface area contributed by atoms with E-state index in [-0.39, 0.29) is 28.4 Å². The van der Waals surface area contributed by atoms with E-state index < -0.39 is 27.2 Å². The van der Waals surface area contributed by atoms with Gasteiger partial charge in [-0.05, 0) is 60.0 Å². The van der Waals surface area contributed by atoms with Gasteiger partial charge in [0.2, 0.25) is 5.91 Å². The molecule has 9 heteroatoms. The van der Waals surface area contributed by atoms with Gasteiger partial charge in [0.1, 0.15) is 11.6 Å². The van der Waals surface area contributed by atoms with Crippen LogP contribution in [-0.2, 0) is 14.8 Å². The summed E-state index contributed by atoms with van der Waals surface area (Å²) in [5.74, 6) is -1.57. The molecule has 3 N–H and O–H groups in total. The maximum absolute atomic E-state index is 13.1. The molecule has 0 saturated carbocycles. The molecule has 0 radical (unpaired) electrons. The van der Waals surface area contributed by atoms with Crippen LogP contribution in [0, 0.1) is 22.6 Å². The number of phenolic OH excluding ortho intramolecular Hbond substituents is 1. The minimum Gasteiger partial charge on any atom is -0.506 e. The van der Waals surface area contributed by atoms with E-state index in [0.29, 0.717) is 0 Å². The van der Waals surface area contributed by atoms with Crippen LogP contribution in [0.1, 0.15) is 12.0 Å². The summed E-state index contributed by atoms with van der Waals surface area (Å²) in [4.78, 5) is 12.8. The standard InChI is InChI=1S/C26H20FN3O4S/c27-20-6-9-22(10-7-20)35(33,34)30-23-16-21(8-11-24(23)31)29-25(32)26(17-28)14-12-19(13-15-26)18-4-2-1-3-5-18/h1-14,16,30-31H,15H2,(H,29,32). The number of nitrogens with zero attached hydrogens (tertiary/aromatic N) is 1. The number of phenols is 1. The van der Waals surface area contributed by atoms with E-state index in [4.69, 9.17) is 0 Å². The fourth-order valence-corrected chi connectivity index (χ4v) is 4.61. The number of nitrogens with one attached hydrogen (secondary N) is 2. The van der Waals surface area contributed by atoms with Gasteiger partial charge < -0.3 is 10.4 Å². The van der Waals surface area contributed by atoms with Gasteiger partial charge in [0, 0.05) is 5.69 Å². The second kappa shape index (κ2) is 9.44. The Hall–Kier alpha value is -4.42. The topological polar surface area (TPSA) is 119 Å². The third-order valence-corrected chi connectivity index (χ3v) is 6.91. The molecule has 0 fully saturated rings. The molecule has 0 heterocycles. The Kier molecular flexibility index (Phi) is 6.40. The van der Waals surface area contributed by atoms with Crippen LogP contribution in [0.2, 0.25) is 0 Å². The summed E-state index contributed by atoms with van der Waals surface area (Å²) in [7, 11) is -4.13. The van der Waals surface area contributed by atoms with Crippen LogP contribution < -0.4 is 10.0 Å². The van der Waals surface area contributed by atoms with Crippen LogP contribution in [0.5, 0.6) is 5.75 Å². The zero-order valence-corrected chi connectivity index (χ0v) is 19.1. The molecule has 176 valence electrons. The first-order valence-corrected chi connectivity index (χ1v) is 12.0. The first kappa shape index (κ1) is 23.7. The highest BCUT2D eigenvalue weighted by Crippen LogP contribution is 2.35. The van der Waals surface area contributed by atoms with Crippen molar-refractivity contribution in [2.75, 3.05) is 10.0 Å². The number of nitriles is 1. The summed E-state index contributed by atoms with van der Waals surface area (Å²) in [6, 6.07) is 19.6. The smallest absolute Gasteiger partial charge is 0.262 e. The van der Waals surface area contributed by atoms with Crippen LogP contribution in [-0.4, -0.2) is 19.4 Å². The first-order valence-electron chi connectivity index (χ1n) is 10.5. The van der Waals surface area contributed by atoms with Crippen LogP contribution in [0.4, 0.5) is 15.8 Å². The van der Waals surface area contributed by atoms with Crippen molar-refractivity contribution < 1.29 is 22.7 Å². The van der Waals surface area contributed by atoms with Crippen molar-refractivity contribution in [1.82, 2.24) is 0 Å². The molecule has 0 spiro atoms. The summed E-state index contributed by atoms with van der Waals surface area (Å²) in [6.45, 7) is 0. The second-order valence-corrected chi connectivity index (χ2v) is 9.57. The number of aromatic hydroxyl groups is 1. The van der Waals surface area contributed by atoms with E-state index in [1.807, 2.05) is 36.4 Å². The van der Waals surface area contributed by atoms with Crippen LogP contribution in [0.15, 0.2) is 95.9 Å². The Labute approximate surface area is 201 Å².